The Labute approximate surface area is 183 Å². The van der Waals surface area contributed by atoms with Gasteiger partial charge in [0.25, 0.3) is 0 Å². The number of para-hydroxylation sites is 1. The first-order valence-corrected chi connectivity index (χ1v) is 10.1. The molecule has 5 aromatic rings. The highest BCUT2D eigenvalue weighted by atomic mass is 16.6. The first-order chi connectivity index (χ1) is 15.6. The van der Waals surface area contributed by atoms with E-state index < -0.39 is 10.7 Å². The van der Waals surface area contributed by atoms with E-state index in [0.717, 1.165) is 27.5 Å². The van der Waals surface area contributed by atoms with E-state index in [2.05, 4.69) is 4.99 Å². The van der Waals surface area contributed by atoms with E-state index in [1.165, 1.54) is 12.3 Å². The summed E-state index contributed by atoms with van der Waals surface area (Å²) in [5.41, 5.74) is 3.80. The molecule has 6 heteroatoms. The summed E-state index contributed by atoms with van der Waals surface area (Å²) in [6.45, 7) is 0. The number of nitro benzene ring substituents is 1. The van der Waals surface area contributed by atoms with Crippen molar-refractivity contribution in [1.29, 1.82) is 0 Å². The number of furan rings is 1. The second-order valence-electron chi connectivity index (χ2n) is 7.51. The molecule has 0 aliphatic heterocycles. The van der Waals surface area contributed by atoms with E-state index >= 15 is 0 Å². The Morgan fingerprint density at radius 1 is 0.875 bits per heavy atom. The second kappa shape index (κ2) is 8.00. The summed E-state index contributed by atoms with van der Waals surface area (Å²) in [5.74, 6) is -0.402. The lowest BCUT2D eigenvalue weighted by molar-refractivity contribution is -0.385. The van der Waals surface area contributed by atoms with E-state index in [0.29, 0.717) is 17.7 Å². The number of rotatable bonds is 5. The highest BCUT2D eigenvalue weighted by Gasteiger charge is 2.18. The van der Waals surface area contributed by atoms with Crippen molar-refractivity contribution in [2.45, 2.75) is 6.42 Å². The minimum atomic E-state index is -0.582. The van der Waals surface area contributed by atoms with Crippen LogP contribution in [0.1, 0.15) is 16.7 Å². The van der Waals surface area contributed by atoms with Gasteiger partial charge in [0, 0.05) is 34.7 Å². The number of phenolic OH excluding ortho intramolecular Hbond substituents is 1. The number of nitro groups is 1. The van der Waals surface area contributed by atoms with Crippen LogP contribution in [0.2, 0.25) is 0 Å². The summed E-state index contributed by atoms with van der Waals surface area (Å²) >= 11 is 0. The Hall–Kier alpha value is -4.45. The molecule has 6 nitrogen and oxygen atoms in total. The van der Waals surface area contributed by atoms with Crippen molar-refractivity contribution in [2.75, 3.05) is 0 Å². The van der Waals surface area contributed by atoms with Crippen LogP contribution < -0.4 is 0 Å². The SMILES string of the molecule is O=[N+]([O-])c1cc(Cc2ccccc2)cc(C=Nc2ccc3c(c2)oc2ccccc23)c1O. The molecular formula is C26H18N2O4. The van der Waals surface area contributed by atoms with Crippen LogP contribution in [0.5, 0.6) is 5.75 Å². The molecule has 0 fully saturated rings. The van der Waals surface area contributed by atoms with Gasteiger partial charge in [0.05, 0.1) is 10.6 Å². The van der Waals surface area contributed by atoms with Gasteiger partial charge in [-0.25, -0.2) is 0 Å². The maximum absolute atomic E-state index is 11.5. The molecule has 1 heterocycles. The third-order valence-corrected chi connectivity index (χ3v) is 5.34. The Kier molecular flexibility index (Phi) is 4.88. The largest absolute Gasteiger partial charge is 0.502 e. The fourth-order valence-electron chi connectivity index (χ4n) is 3.81. The van der Waals surface area contributed by atoms with Crippen LogP contribution in [0.15, 0.2) is 94.3 Å². The molecule has 32 heavy (non-hydrogen) atoms. The highest BCUT2D eigenvalue weighted by Crippen LogP contribution is 2.33. The lowest BCUT2D eigenvalue weighted by Crippen LogP contribution is -1.97. The molecule has 5 rings (SSSR count). The fourth-order valence-corrected chi connectivity index (χ4v) is 3.81. The average Bonchev–Trinajstić information content (AvgIpc) is 3.17. The number of fused-ring (bicyclic) bond motifs is 3. The molecule has 1 N–H and O–H groups in total. The van der Waals surface area contributed by atoms with Gasteiger partial charge < -0.3 is 9.52 Å². The number of aromatic hydroxyl groups is 1. The zero-order valence-corrected chi connectivity index (χ0v) is 16.9. The molecule has 4 aromatic carbocycles. The molecule has 0 saturated heterocycles. The van der Waals surface area contributed by atoms with Crippen LogP contribution in [-0.2, 0) is 6.42 Å². The third-order valence-electron chi connectivity index (χ3n) is 5.34. The minimum absolute atomic E-state index is 0.287. The summed E-state index contributed by atoms with van der Waals surface area (Å²) < 4.78 is 5.89. The summed E-state index contributed by atoms with van der Waals surface area (Å²) in [6, 6.07) is 26.2. The van der Waals surface area contributed by atoms with Crippen LogP contribution in [-0.4, -0.2) is 16.2 Å². The van der Waals surface area contributed by atoms with E-state index in [1.807, 2.05) is 72.8 Å². The van der Waals surface area contributed by atoms with E-state index in [4.69, 9.17) is 4.42 Å². The Bertz CT molecular complexity index is 1490. The molecule has 1 aromatic heterocycles. The molecule has 0 saturated carbocycles. The quantitative estimate of drug-likeness (QED) is 0.198. The van der Waals surface area contributed by atoms with E-state index in [-0.39, 0.29) is 11.3 Å². The molecule has 0 spiro atoms. The van der Waals surface area contributed by atoms with E-state index in [1.54, 1.807) is 6.07 Å². The van der Waals surface area contributed by atoms with Crippen molar-refractivity contribution in [3.63, 3.8) is 0 Å². The standard InChI is InChI=1S/C26H18N2O4/c29-26-19(13-18(14-23(26)28(30)31)12-17-6-2-1-3-7-17)16-27-20-10-11-22-21-8-4-5-9-24(21)32-25(22)15-20/h1-11,13-16,29H,12H2. The van der Waals surface area contributed by atoms with Gasteiger partial charge in [-0.3, -0.25) is 15.1 Å². The van der Waals surface area contributed by atoms with E-state index in [9.17, 15) is 15.2 Å². The minimum Gasteiger partial charge on any atom is -0.502 e. The second-order valence-corrected chi connectivity index (χ2v) is 7.51. The van der Waals surface area contributed by atoms with Crippen molar-refractivity contribution in [1.82, 2.24) is 0 Å². The monoisotopic (exact) mass is 422 g/mol. The number of aliphatic imine (C=N–C) groups is 1. The summed E-state index contributed by atoms with van der Waals surface area (Å²) in [5, 5.41) is 23.9. The molecular weight excluding hydrogens is 404 g/mol. The van der Waals surface area contributed by atoms with Gasteiger partial charge in [-0.1, -0.05) is 48.5 Å². The lowest BCUT2D eigenvalue weighted by atomic mass is 10.0. The number of hydrogen-bond acceptors (Lipinski definition) is 5. The van der Waals surface area contributed by atoms with Gasteiger partial charge in [0.15, 0.2) is 0 Å². The smallest absolute Gasteiger partial charge is 0.311 e. The van der Waals surface area contributed by atoms with Gasteiger partial charge in [-0.05, 0) is 41.8 Å². The zero-order chi connectivity index (χ0) is 22.1. The van der Waals surface area contributed by atoms with Crippen molar-refractivity contribution >= 4 is 39.5 Å². The van der Waals surface area contributed by atoms with Crippen molar-refractivity contribution < 1.29 is 14.4 Å². The number of nitrogens with zero attached hydrogens (tertiary/aromatic N) is 2. The van der Waals surface area contributed by atoms with Gasteiger partial charge in [0.1, 0.15) is 11.2 Å². The van der Waals surface area contributed by atoms with Crippen molar-refractivity contribution in [3.8, 4) is 5.75 Å². The van der Waals surface area contributed by atoms with Gasteiger partial charge in [-0.2, -0.15) is 0 Å². The Morgan fingerprint density at radius 3 is 2.44 bits per heavy atom. The highest BCUT2D eigenvalue weighted by molar-refractivity contribution is 6.05. The average molecular weight is 422 g/mol. The first-order valence-electron chi connectivity index (χ1n) is 10.1. The normalized spacial score (nSPS) is 11.5. The van der Waals surface area contributed by atoms with Crippen molar-refractivity contribution in [3.05, 3.63) is 112 Å². The van der Waals surface area contributed by atoms with Crippen LogP contribution in [0, 0.1) is 10.1 Å². The number of hydrogen-bond donors (Lipinski definition) is 1. The molecule has 0 aliphatic rings. The summed E-state index contributed by atoms with van der Waals surface area (Å²) in [4.78, 5) is 15.3. The van der Waals surface area contributed by atoms with Gasteiger partial charge >= 0.3 is 5.69 Å². The third kappa shape index (κ3) is 3.70. The molecule has 0 atom stereocenters. The van der Waals surface area contributed by atoms with Crippen LogP contribution in [0.25, 0.3) is 21.9 Å². The summed E-state index contributed by atoms with van der Waals surface area (Å²) in [7, 11) is 0. The summed E-state index contributed by atoms with van der Waals surface area (Å²) in [6.07, 6.45) is 1.95. The number of phenols is 1. The zero-order valence-electron chi connectivity index (χ0n) is 16.9. The predicted octanol–water partition coefficient (Wildman–Crippen LogP) is 6.54. The topological polar surface area (TPSA) is 88.9 Å². The number of benzene rings is 4. The molecule has 156 valence electrons. The molecule has 0 aliphatic carbocycles. The van der Waals surface area contributed by atoms with Crippen LogP contribution >= 0.6 is 0 Å². The van der Waals surface area contributed by atoms with Gasteiger partial charge in [-0.15, -0.1) is 0 Å². The molecule has 0 radical (unpaired) electrons. The Morgan fingerprint density at radius 2 is 1.62 bits per heavy atom. The van der Waals surface area contributed by atoms with Crippen molar-refractivity contribution in [2.24, 2.45) is 4.99 Å². The van der Waals surface area contributed by atoms with Crippen LogP contribution in [0.4, 0.5) is 11.4 Å². The Balaban J connectivity index is 1.52. The molecule has 0 amide bonds. The predicted molar refractivity (Wildman–Crippen MR) is 125 cm³/mol. The molecule has 0 unspecified atom stereocenters. The van der Waals surface area contributed by atoms with Gasteiger partial charge in [0.2, 0.25) is 5.75 Å². The maximum Gasteiger partial charge on any atom is 0.311 e. The lowest BCUT2D eigenvalue weighted by Gasteiger charge is -2.06. The first kappa shape index (κ1) is 19.5. The maximum atomic E-state index is 11.5. The fraction of sp³-hybridized carbons (Fsp3) is 0.0385. The molecule has 0 bridgehead atoms. The van der Waals surface area contributed by atoms with Crippen LogP contribution in [0.3, 0.4) is 0 Å².